The molecule has 1 saturated heterocycles. The first-order chi connectivity index (χ1) is 18.6. The lowest BCUT2D eigenvalue weighted by molar-refractivity contribution is -0.144. The van der Waals surface area contributed by atoms with E-state index in [0.29, 0.717) is 27.6 Å². The molecule has 1 aliphatic carbocycles. The highest BCUT2D eigenvalue weighted by atomic mass is 32.2. The smallest absolute Gasteiger partial charge is 0.385 e. The number of fused-ring (bicyclic) bond motifs is 1. The number of benzene rings is 1. The molecule has 2 fully saturated rings. The lowest BCUT2D eigenvalue weighted by Crippen LogP contribution is -2.51. The number of halogens is 3. The molecule has 1 saturated carbocycles. The van der Waals surface area contributed by atoms with E-state index >= 15 is 0 Å². The maximum absolute atomic E-state index is 13.1. The van der Waals surface area contributed by atoms with Gasteiger partial charge in [-0.15, -0.1) is 0 Å². The van der Waals surface area contributed by atoms with E-state index in [0.717, 1.165) is 32.0 Å². The van der Waals surface area contributed by atoms with Crippen LogP contribution in [0, 0.1) is 5.41 Å². The van der Waals surface area contributed by atoms with Gasteiger partial charge in [0.25, 0.3) is 0 Å². The first kappa shape index (κ1) is 27.3. The van der Waals surface area contributed by atoms with Crippen molar-refractivity contribution in [3.8, 4) is 0 Å². The molecule has 39 heavy (non-hydrogen) atoms. The molecule has 3 aromatic rings. The van der Waals surface area contributed by atoms with E-state index in [1.807, 2.05) is 6.07 Å². The molecule has 208 valence electrons. The quantitative estimate of drug-likeness (QED) is 0.229. The number of anilines is 2. The van der Waals surface area contributed by atoms with Gasteiger partial charge in [-0.1, -0.05) is 19.3 Å². The number of allylic oxidation sites excluding steroid dienone is 1. The van der Waals surface area contributed by atoms with Gasteiger partial charge in [0.1, 0.15) is 17.5 Å². The van der Waals surface area contributed by atoms with Crippen LogP contribution in [0.4, 0.5) is 24.8 Å². The number of hydrogen-bond donors (Lipinski definition) is 4. The fourth-order valence-electron chi connectivity index (χ4n) is 5.16. The first-order valence-electron chi connectivity index (χ1n) is 13.1. The maximum Gasteiger partial charge on any atom is 0.449 e. The van der Waals surface area contributed by atoms with Crippen LogP contribution in [0.2, 0.25) is 0 Å². The van der Waals surface area contributed by atoms with Crippen molar-refractivity contribution < 1.29 is 13.2 Å². The molecule has 2 aliphatic rings. The van der Waals surface area contributed by atoms with E-state index in [1.165, 1.54) is 49.9 Å². The summed E-state index contributed by atoms with van der Waals surface area (Å²) in [6, 6.07) is 7.37. The number of nitrogens with two attached hydrogens (primary N) is 1. The van der Waals surface area contributed by atoms with Crippen molar-refractivity contribution in [3.05, 3.63) is 42.0 Å². The molecule has 0 bridgehead atoms. The van der Waals surface area contributed by atoms with Crippen molar-refractivity contribution in [2.75, 3.05) is 36.4 Å². The zero-order chi connectivity index (χ0) is 27.6. The average Bonchev–Trinajstić information content (AvgIpc) is 3.33. The summed E-state index contributed by atoms with van der Waals surface area (Å²) in [5, 5.41) is 11.1. The molecule has 0 atom stereocenters. The first-order valence-corrected chi connectivity index (χ1v) is 13.9. The van der Waals surface area contributed by atoms with Gasteiger partial charge in [0.2, 0.25) is 5.82 Å². The number of nitrogens with zero attached hydrogens (tertiary/aromatic N) is 5. The highest BCUT2D eigenvalue weighted by Gasteiger charge is 2.34. The summed E-state index contributed by atoms with van der Waals surface area (Å²) in [5.41, 5.74) is 6.88. The van der Waals surface area contributed by atoms with Crippen molar-refractivity contribution >= 4 is 40.1 Å². The predicted octanol–water partition coefficient (Wildman–Crippen LogP) is 5.23. The fourth-order valence-corrected chi connectivity index (χ4v) is 5.96. The number of rotatable bonds is 7. The van der Waals surface area contributed by atoms with Gasteiger partial charge in [0, 0.05) is 48.9 Å². The number of piperazine rings is 1. The number of nitrogens with one attached hydrogen (secondary N) is 3. The van der Waals surface area contributed by atoms with Crippen LogP contribution in [-0.2, 0) is 6.18 Å². The average molecular weight is 560 g/mol. The van der Waals surface area contributed by atoms with Crippen LogP contribution in [0.25, 0.3) is 11.0 Å². The summed E-state index contributed by atoms with van der Waals surface area (Å²) in [6.45, 7) is 5.23. The van der Waals surface area contributed by atoms with Gasteiger partial charge < -0.3 is 26.3 Å². The Labute approximate surface area is 229 Å². The van der Waals surface area contributed by atoms with Crippen LogP contribution in [0.15, 0.2) is 46.2 Å². The summed E-state index contributed by atoms with van der Waals surface area (Å²) in [6.07, 6.45) is 3.43. The Morgan fingerprint density at radius 1 is 1.10 bits per heavy atom. The Kier molecular flexibility index (Phi) is 7.98. The molecule has 3 heterocycles. The minimum atomic E-state index is -4.55. The van der Waals surface area contributed by atoms with Gasteiger partial charge in [-0.05, 0) is 55.8 Å². The third-order valence-corrected chi connectivity index (χ3v) is 7.85. The molecule has 0 unspecified atom stereocenters. The summed E-state index contributed by atoms with van der Waals surface area (Å²) in [4.78, 5) is 20.9. The van der Waals surface area contributed by atoms with Crippen LogP contribution >= 0.6 is 11.8 Å². The van der Waals surface area contributed by atoms with Gasteiger partial charge in [0.15, 0.2) is 5.16 Å². The molecule has 13 heteroatoms. The van der Waals surface area contributed by atoms with Crippen molar-refractivity contribution in [3.63, 3.8) is 0 Å². The van der Waals surface area contributed by atoms with Gasteiger partial charge >= 0.3 is 6.18 Å². The molecule has 1 aromatic carbocycles. The molecule has 0 spiro atoms. The van der Waals surface area contributed by atoms with Crippen LogP contribution < -0.4 is 16.0 Å². The van der Waals surface area contributed by atoms with Crippen molar-refractivity contribution in [1.82, 2.24) is 24.8 Å². The molecule has 0 amide bonds. The number of aromatic amines is 1. The summed E-state index contributed by atoms with van der Waals surface area (Å²) >= 11 is 1.24. The molecule has 5 N–H and O–H groups in total. The lowest BCUT2D eigenvalue weighted by atomic mass is 9.94. The number of hydrogen-bond acceptors (Lipinski definition) is 9. The zero-order valence-electron chi connectivity index (χ0n) is 21.7. The van der Waals surface area contributed by atoms with Crippen molar-refractivity contribution in [2.45, 2.75) is 61.3 Å². The van der Waals surface area contributed by atoms with Gasteiger partial charge in [-0.2, -0.15) is 13.2 Å². The molecule has 5 rings (SSSR count). The Bertz CT molecular complexity index is 1360. The Hall–Kier alpha value is -3.32. The van der Waals surface area contributed by atoms with Crippen LogP contribution in [-0.4, -0.2) is 62.8 Å². The predicted molar refractivity (Wildman–Crippen MR) is 147 cm³/mol. The number of aromatic nitrogens is 4. The fraction of sp³-hybridized carbons (Fsp3) is 0.462. The minimum absolute atomic E-state index is 0.236. The minimum Gasteiger partial charge on any atom is -0.385 e. The summed E-state index contributed by atoms with van der Waals surface area (Å²) in [7, 11) is 0. The van der Waals surface area contributed by atoms with E-state index in [4.69, 9.17) is 16.1 Å². The summed E-state index contributed by atoms with van der Waals surface area (Å²) < 4.78 is 39.3. The Morgan fingerprint density at radius 3 is 2.54 bits per heavy atom. The van der Waals surface area contributed by atoms with E-state index < -0.39 is 12.0 Å². The Morgan fingerprint density at radius 2 is 1.85 bits per heavy atom. The van der Waals surface area contributed by atoms with E-state index in [2.05, 4.69) is 30.1 Å². The molecule has 0 radical (unpaired) electrons. The lowest BCUT2D eigenvalue weighted by Gasteiger charge is -2.41. The monoisotopic (exact) mass is 559 g/mol. The van der Waals surface area contributed by atoms with Gasteiger partial charge in [-0.3, -0.25) is 4.90 Å². The van der Waals surface area contributed by atoms with Crippen molar-refractivity contribution in [2.24, 2.45) is 5.73 Å². The van der Waals surface area contributed by atoms with Crippen LogP contribution in [0.1, 0.15) is 44.9 Å². The van der Waals surface area contributed by atoms with E-state index in [9.17, 15) is 13.2 Å². The topological polar surface area (TPSA) is 123 Å². The van der Waals surface area contributed by atoms with E-state index in [-0.39, 0.29) is 16.9 Å². The summed E-state index contributed by atoms with van der Waals surface area (Å²) in [5.74, 6) is 0.484. The van der Waals surface area contributed by atoms with Crippen LogP contribution in [0.3, 0.4) is 0 Å². The SMILES string of the molecule is CC(=N)/C=C(\N)Nc1cc(N2CCN(C3CCCCC3)CC2)nc(Sc2ccc3nc(C(F)(F)F)[nH]c3c2)n1. The standard InChI is InChI=1S/C26H32F3N9S/c1-16(30)13-21(31)34-22-15-23(38-11-9-37(10-12-38)17-5-3-2-4-6-17)36-25(35-22)39-18-7-8-19-20(14-18)33-24(32-19)26(27,28)29/h7-8,13-15,17,30H,2-6,9-12,31H2,1H3,(H,32,33)(H,34,35,36)/b21-13+,30-16?. The maximum atomic E-state index is 13.1. The van der Waals surface area contributed by atoms with Crippen LogP contribution in [0.5, 0.6) is 0 Å². The molecular weight excluding hydrogens is 527 g/mol. The van der Waals surface area contributed by atoms with Gasteiger partial charge in [0.05, 0.1) is 11.0 Å². The Balaban J connectivity index is 1.38. The number of H-pyrrole nitrogens is 1. The number of imidazole rings is 1. The van der Waals surface area contributed by atoms with E-state index in [1.54, 1.807) is 25.1 Å². The molecule has 2 aromatic heterocycles. The second kappa shape index (κ2) is 11.4. The second-order valence-corrected chi connectivity index (χ2v) is 11.0. The third-order valence-electron chi connectivity index (χ3n) is 7.00. The molecular formula is C26H32F3N9S. The molecule has 9 nitrogen and oxygen atoms in total. The van der Waals surface area contributed by atoms with Crippen molar-refractivity contribution in [1.29, 1.82) is 5.41 Å². The largest absolute Gasteiger partial charge is 0.449 e. The third kappa shape index (κ3) is 6.82. The highest BCUT2D eigenvalue weighted by molar-refractivity contribution is 7.99. The molecule has 1 aliphatic heterocycles. The number of alkyl halides is 3. The van der Waals surface area contributed by atoms with Gasteiger partial charge in [-0.25, -0.2) is 15.0 Å². The highest BCUT2D eigenvalue weighted by Crippen LogP contribution is 2.33. The second-order valence-electron chi connectivity index (χ2n) is 9.98. The zero-order valence-corrected chi connectivity index (χ0v) is 22.5. The normalized spacial score (nSPS) is 18.1.